The van der Waals surface area contributed by atoms with Crippen molar-refractivity contribution in [1.29, 1.82) is 0 Å². The summed E-state index contributed by atoms with van der Waals surface area (Å²) in [6.07, 6.45) is 3.46. The van der Waals surface area contributed by atoms with Crippen LogP contribution in [0.5, 0.6) is 0 Å². The molecule has 0 aromatic rings. The fraction of sp³-hybridized carbons (Fsp3) is 1.00. The van der Waals surface area contributed by atoms with E-state index in [0.717, 1.165) is 12.2 Å². The smallest absolute Gasteiger partial charge is 0.0342 e. The molecule has 0 rings (SSSR count). The van der Waals surface area contributed by atoms with Crippen LogP contribution in [-0.2, 0) is 10.8 Å². The molecule has 0 aromatic carbocycles. The fourth-order valence-electron chi connectivity index (χ4n) is 1.33. The highest BCUT2D eigenvalue weighted by Gasteiger charge is 2.14. The third kappa shape index (κ3) is 7.07. The SMILES string of the molecule is CNC(C)CCCCS(=O)C(C)C(C)C. The van der Waals surface area contributed by atoms with E-state index < -0.39 is 10.8 Å². The van der Waals surface area contributed by atoms with Crippen LogP contribution in [0.2, 0.25) is 0 Å². The van der Waals surface area contributed by atoms with E-state index in [4.69, 9.17) is 0 Å². The second-order valence-corrected chi connectivity index (χ2v) is 6.63. The minimum Gasteiger partial charge on any atom is -0.317 e. The van der Waals surface area contributed by atoms with Crippen molar-refractivity contribution >= 4 is 10.8 Å². The van der Waals surface area contributed by atoms with E-state index in [1.54, 1.807) is 0 Å². The molecule has 0 aliphatic rings. The summed E-state index contributed by atoms with van der Waals surface area (Å²) in [5.74, 6) is 1.40. The molecule has 92 valence electrons. The Kier molecular flexibility index (Phi) is 8.34. The zero-order chi connectivity index (χ0) is 11.8. The van der Waals surface area contributed by atoms with Crippen LogP contribution in [0.1, 0.15) is 47.0 Å². The summed E-state index contributed by atoms with van der Waals surface area (Å²) in [4.78, 5) is 0. The van der Waals surface area contributed by atoms with Gasteiger partial charge in [-0.15, -0.1) is 0 Å². The number of rotatable bonds is 8. The maximum atomic E-state index is 11.8. The lowest BCUT2D eigenvalue weighted by atomic mass is 10.1. The molecule has 3 heteroatoms. The Morgan fingerprint density at radius 3 is 2.20 bits per heavy atom. The minimum atomic E-state index is -0.632. The summed E-state index contributed by atoms with van der Waals surface area (Å²) in [7, 11) is 1.36. The summed E-state index contributed by atoms with van der Waals surface area (Å²) >= 11 is 0. The molecule has 0 saturated heterocycles. The van der Waals surface area contributed by atoms with E-state index in [9.17, 15) is 4.21 Å². The first-order chi connectivity index (χ1) is 6.99. The predicted octanol–water partition coefficient (Wildman–Crippen LogP) is 2.56. The van der Waals surface area contributed by atoms with Crippen molar-refractivity contribution in [3.05, 3.63) is 0 Å². The summed E-state index contributed by atoms with van der Waals surface area (Å²) in [5.41, 5.74) is 0. The van der Waals surface area contributed by atoms with Gasteiger partial charge in [-0.05, 0) is 32.7 Å². The molecule has 3 atom stereocenters. The topological polar surface area (TPSA) is 29.1 Å². The Hall–Kier alpha value is 0.110. The Bertz CT molecular complexity index is 182. The van der Waals surface area contributed by atoms with Crippen LogP contribution in [0.3, 0.4) is 0 Å². The lowest BCUT2D eigenvalue weighted by molar-refractivity contribution is 0.536. The number of hydrogen-bond donors (Lipinski definition) is 1. The highest BCUT2D eigenvalue weighted by Crippen LogP contribution is 2.11. The molecular formula is C12H27NOS. The van der Waals surface area contributed by atoms with Gasteiger partial charge in [0.15, 0.2) is 0 Å². The van der Waals surface area contributed by atoms with Crippen LogP contribution < -0.4 is 5.32 Å². The van der Waals surface area contributed by atoms with Gasteiger partial charge in [0.05, 0.1) is 0 Å². The normalized spacial score (nSPS) is 17.7. The molecule has 0 aromatic heterocycles. The molecule has 15 heavy (non-hydrogen) atoms. The van der Waals surface area contributed by atoms with E-state index >= 15 is 0 Å². The van der Waals surface area contributed by atoms with Crippen LogP contribution in [0, 0.1) is 5.92 Å². The van der Waals surface area contributed by atoms with Gasteiger partial charge >= 0.3 is 0 Å². The van der Waals surface area contributed by atoms with Crippen LogP contribution in [-0.4, -0.2) is 28.3 Å². The molecule has 3 unspecified atom stereocenters. The van der Waals surface area contributed by atoms with Crippen LogP contribution >= 0.6 is 0 Å². The predicted molar refractivity (Wildman–Crippen MR) is 69.7 cm³/mol. The van der Waals surface area contributed by atoms with Crippen molar-refractivity contribution in [2.45, 2.75) is 58.2 Å². The molecule has 0 heterocycles. The Balaban J connectivity index is 3.55. The molecule has 0 saturated carbocycles. The van der Waals surface area contributed by atoms with Gasteiger partial charge in [0.1, 0.15) is 0 Å². The second-order valence-electron chi connectivity index (χ2n) is 4.72. The summed E-state index contributed by atoms with van der Waals surface area (Å²) in [6.45, 7) is 8.57. The molecule has 0 radical (unpaired) electrons. The molecule has 0 amide bonds. The van der Waals surface area contributed by atoms with Crippen molar-refractivity contribution in [3.63, 3.8) is 0 Å². The Morgan fingerprint density at radius 2 is 1.73 bits per heavy atom. The first-order valence-corrected chi connectivity index (χ1v) is 7.41. The van der Waals surface area contributed by atoms with Crippen LogP contribution in [0.4, 0.5) is 0 Å². The molecular weight excluding hydrogens is 206 g/mol. The zero-order valence-electron chi connectivity index (χ0n) is 10.9. The van der Waals surface area contributed by atoms with Gasteiger partial charge < -0.3 is 5.32 Å². The number of hydrogen-bond acceptors (Lipinski definition) is 2. The third-order valence-corrected chi connectivity index (χ3v) is 5.14. The number of unbranched alkanes of at least 4 members (excludes halogenated alkanes) is 1. The van der Waals surface area contributed by atoms with Crippen molar-refractivity contribution in [2.24, 2.45) is 5.92 Å². The highest BCUT2D eigenvalue weighted by atomic mass is 32.2. The van der Waals surface area contributed by atoms with Gasteiger partial charge in [-0.1, -0.05) is 27.2 Å². The Labute approximate surface area is 97.7 Å². The maximum Gasteiger partial charge on any atom is 0.0342 e. The first kappa shape index (κ1) is 15.1. The quantitative estimate of drug-likeness (QED) is 0.653. The fourth-order valence-corrected chi connectivity index (χ4v) is 2.80. The van der Waals surface area contributed by atoms with Gasteiger partial charge in [-0.2, -0.15) is 0 Å². The largest absolute Gasteiger partial charge is 0.317 e. The van der Waals surface area contributed by atoms with E-state index in [0.29, 0.717) is 17.2 Å². The van der Waals surface area contributed by atoms with E-state index in [1.165, 1.54) is 12.8 Å². The molecule has 2 nitrogen and oxygen atoms in total. The highest BCUT2D eigenvalue weighted by molar-refractivity contribution is 7.85. The van der Waals surface area contributed by atoms with Crippen molar-refractivity contribution in [1.82, 2.24) is 5.32 Å². The third-order valence-electron chi connectivity index (χ3n) is 3.08. The molecule has 0 spiro atoms. The van der Waals surface area contributed by atoms with Crippen molar-refractivity contribution < 1.29 is 4.21 Å². The molecule has 0 aliphatic carbocycles. The van der Waals surface area contributed by atoms with Crippen LogP contribution in [0.25, 0.3) is 0 Å². The van der Waals surface area contributed by atoms with Gasteiger partial charge in [0.25, 0.3) is 0 Å². The van der Waals surface area contributed by atoms with Crippen molar-refractivity contribution in [2.75, 3.05) is 12.8 Å². The molecule has 0 bridgehead atoms. The second kappa shape index (κ2) is 8.28. The van der Waals surface area contributed by atoms with Gasteiger partial charge in [0.2, 0.25) is 0 Å². The molecule has 1 N–H and O–H groups in total. The summed E-state index contributed by atoms with van der Waals surface area (Å²) in [6, 6.07) is 0.584. The Morgan fingerprint density at radius 1 is 1.13 bits per heavy atom. The van der Waals surface area contributed by atoms with E-state index in [-0.39, 0.29) is 0 Å². The lowest BCUT2D eigenvalue weighted by Crippen LogP contribution is -2.22. The molecule has 0 aliphatic heterocycles. The van der Waals surface area contributed by atoms with Gasteiger partial charge in [-0.25, -0.2) is 0 Å². The summed E-state index contributed by atoms with van der Waals surface area (Å²) in [5, 5.41) is 3.56. The van der Waals surface area contributed by atoms with Crippen LogP contribution in [0.15, 0.2) is 0 Å². The average molecular weight is 233 g/mol. The van der Waals surface area contributed by atoms with Gasteiger partial charge in [-0.3, -0.25) is 4.21 Å². The minimum absolute atomic E-state index is 0.340. The lowest BCUT2D eigenvalue weighted by Gasteiger charge is -2.15. The standard InChI is InChI=1S/C12H27NOS/c1-10(2)12(4)15(14)9-7-6-8-11(3)13-5/h10-13H,6-9H2,1-5H3. The molecule has 0 fully saturated rings. The van der Waals surface area contributed by atoms with E-state index in [2.05, 4.69) is 33.0 Å². The maximum absolute atomic E-state index is 11.8. The van der Waals surface area contributed by atoms with Gasteiger partial charge in [0, 0.05) is 27.8 Å². The first-order valence-electron chi connectivity index (χ1n) is 6.03. The zero-order valence-corrected chi connectivity index (χ0v) is 11.7. The van der Waals surface area contributed by atoms with E-state index in [1.807, 2.05) is 7.05 Å². The van der Waals surface area contributed by atoms with Crippen molar-refractivity contribution in [3.8, 4) is 0 Å². The monoisotopic (exact) mass is 233 g/mol. The average Bonchev–Trinajstić information content (AvgIpc) is 2.22. The number of nitrogens with one attached hydrogen (secondary N) is 1. The summed E-state index contributed by atoms with van der Waals surface area (Å²) < 4.78 is 11.8.